The molecule has 0 fully saturated rings. The Morgan fingerprint density at radius 3 is 2.44 bits per heavy atom. The highest BCUT2D eigenvalue weighted by Gasteiger charge is 2.08. The van der Waals surface area contributed by atoms with Gasteiger partial charge in [-0.2, -0.15) is 0 Å². The second-order valence-corrected chi connectivity index (χ2v) is 5.39. The SMILES string of the molecule is CC(C)CCCC(COc1ccc(Cl)cc1)NN. The van der Waals surface area contributed by atoms with Crippen LogP contribution in [0.2, 0.25) is 5.02 Å². The zero-order chi connectivity index (χ0) is 13.4. The Labute approximate surface area is 115 Å². The number of hydrazine groups is 1. The van der Waals surface area contributed by atoms with Crippen molar-refractivity contribution in [2.75, 3.05) is 6.61 Å². The lowest BCUT2D eigenvalue weighted by Crippen LogP contribution is -2.39. The summed E-state index contributed by atoms with van der Waals surface area (Å²) in [4.78, 5) is 0. The third-order valence-electron chi connectivity index (χ3n) is 2.83. The Morgan fingerprint density at radius 2 is 1.89 bits per heavy atom. The van der Waals surface area contributed by atoms with E-state index in [1.165, 1.54) is 6.42 Å². The van der Waals surface area contributed by atoms with Crippen molar-refractivity contribution >= 4 is 11.6 Å². The van der Waals surface area contributed by atoms with E-state index >= 15 is 0 Å². The highest BCUT2D eigenvalue weighted by atomic mass is 35.5. The molecule has 1 atom stereocenters. The summed E-state index contributed by atoms with van der Waals surface area (Å²) in [7, 11) is 0. The molecule has 1 aromatic rings. The van der Waals surface area contributed by atoms with Crippen LogP contribution in [0, 0.1) is 5.92 Å². The number of hydrogen-bond acceptors (Lipinski definition) is 3. The standard InChI is InChI=1S/C14H23ClN2O/c1-11(2)4-3-5-13(17-16)10-18-14-8-6-12(15)7-9-14/h6-9,11,13,17H,3-5,10,16H2,1-2H3. The molecule has 102 valence electrons. The predicted octanol–water partition coefficient (Wildman–Crippen LogP) is 3.38. The summed E-state index contributed by atoms with van der Waals surface area (Å²) in [6.07, 6.45) is 3.41. The van der Waals surface area contributed by atoms with E-state index in [1.54, 1.807) is 0 Å². The second-order valence-electron chi connectivity index (χ2n) is 4.95. The molecule has 0 saturated carbocycles. The van der Waals surface area contributed by atoms with E-state index in [-0.39, 0.29) is 6.04 Å². The number of hydrogen-bond donors (Lipinski definition) is 2. The van der Waals surface area contributed by atoms with Crippen LogP contribution >= 0.6 is 11.6 Å². The summed E-state index contributed by atoms with van der Waals surface area (Å²) in [6, 6.07) is 7.56. The van der Waals surface area contributed by atoms with Gasteiger partial charge >= 0.3 is 0 Å². The highest BCUT2D eigenvalue weighted by molar-refractivity contribution is 6.30. The number of benzene rings is 1. The van der Waals surface area contributed by atoms with Crippen molar-refractivity contribution in [3.63, 3.8) is 0 Å². The van der Waals surface area contributed by atoms with E-state index in [1.807, 2.05) is 24.3 Å². The van der Waals surface area contributed by atoms with Crippen molar-refractivity contribution in [3.05, 3.63) is 29.3 Å². The lowest BCUT2D eigenvalue weighted by Gasteiger charge is -2.17. The Kier molecular flexibility index (Phi) is 7.09. The molecule has 18 heavy (non-hydrogen) atoms. The Morgan fingerprint density at radius 1 is 1.22 bits per heavy atom. The minimum atomic E-state index is 0.194. The maximum Gasteiger partial charge on any atom is 0.119 e. The number of ether oxygens (including phenoxy) is 1. The van der Waals surface area contributed by atoms with Crippen LogP contribution in [-0.2, 0) is 0 Å². The fraction of sp³-hybridized carbons (Fsp3) is 0.571. The summed E-state index contributed by atoms with van der Waals surface area (Å²) in [5, 5.41) is 0.716. The highest BCUT2D eigenvalue weighted by Crippen LogP contribution is 2.16. The van der Waals surface area contributed by atoms with Crippen LogP contribution in [0.25, 0.3) is 0 Å². The van der Waals surface area contributed by atoms with Crippen LogP contribution in [-0.4, -0.2) is 12.6 Å². The fourth-order valence-electron chi connectivity index (χ4n) is 1.71. The molecule has 0 saturated heterocycles. The molecule has 0 aliphatic heterocycles. The molecule has 0 heterocycles. The number of rotatable bonds is 8. The number of halogens is 1. The van der Waals surface area contributed by atoms with Crippen LogP contribution in [0.1, 0.15) is 33.1 Å². The molecular weight excluding hydrogens is 248 g/mol. The van der Waals surface area contributed by atoms with Gasteiger partial charge in [-0.05, 0) is 36.6 Å². The van der Waals surface area contributed by atoms with Crippen LogP contribution < -0.4 is 16.0 Å². The first-order valence-corrected chi connectivity index (χ1v) is 6.84. The summed E-state index contributed by atoms with van der Waals surface area (Å²) in [5.74, 6) is 7.09. The zero-order valence-corrected chi connectivity index (χ0v) is 11.9. The van der Waals surface area contributed by atoms with E-state index in [0.717, 1.165) is 24.5 Å². The molecule has 4 heteroatoms. The molecule has 0 aromatic heterocycles. The first-order valence-electron chi connectivity index (χ1n) is 6.46. The van der Waals surface area contributed by atoms with E-state index in [4.69, 9.17) is 22.2 Å². The summed E-state index contributed by atoms with van der Waals surface area (Å²) in [6.45, 7) is 5.04. The van der Waals surface area contributed by atoms with Gasteiger partial charge in [-0.15, -0.1) is 0 Å². The third-order valence-corrected chi connectivity index (χ3v) is 3.09. The van der Waals surface area contributed by atoms with Crippen molar-refractivity contribution < 1.29 is 4.74 Å². The van der Waals surface area contributed by atoms with Gasteiger partial charge in [-0.25, -0.2) is 0 Å². The molecule has 1 unspecified atom stereocenters. The molecule has 0 radical (unpaired) electrons. The fourth-order valence-corrected chi connectivity index (χ4v) is 1.84. The van der Waals surface area contributed by atoms with Crippen molar-refractivity contribution in [1.82, 2.24) is 5.43 Å². The summed E-state index contributed by atoms with van der Waals surface area (Å²) in [5.41, 5.74) is 2.81. The largest absolute Gasteiger partial charge is 0.492 e. The Bertz CT molecular complexity index is 327. The third kappa shape index (κ3) is 6.24. The first kappa shape index (κ1) is 15.3. The van der Waals surface area contributed by atoms with Gasteiger partial charge in [0.25, 0.3) is 0 Å². The smallest absolute Gasteiger partial charge is 0.119 e. The Hall–Kier alpha value is -0.770. The van der Waals surface area contributed by atoms with E-state index in [9.17, 15) is 0 Å². The molecule has 0 amide bonds. The van der Waals surface area contributed by atoms with Crippen molar-refractivity contribution in [2.45, 2.75) is 39.2 Å². The maximum absolute atomic E-state index is 5.81. The van der Waals surface area contributed by atoms with Crippen LogP contribution in [0.4, 0.5) is 0 Å². The second kappa shape index (κ2) is 8.35. The zero-order valence-electron chi connectivity index (χ0n) is 11.2. The van der Waals surface area contributed by atoms with Gasteiger partial charge in [-0.1, -0.05) is 38.3 Å². The first-order chi connectivity index (χ1) is 8.61. The predicted molar refractivity (Wildman–Crippen MR) is 76.7 cm³/mol. The van der Waals surface area contributed by atoms with E-state index < -0.39 is 0 Å². The minimum Gasteiger partial charge on any atom is -0.492 e. The van der Waals surface area contributed by atoms with Gasteiger partial charge in [0.05, 0.1) is 6.04 Å². The molecule has 0 bridgehead atoms. The molecule has 1 rings (SSSR count). The number of nitrogens with two attached hydrogens (primary N) is 1. The molecular formula is C14H23ClN2O. The molecule has 0 aliphatic carbocycles. The molecule has 3 N–H and O–H groups in total. The maximum atomic E-state index is 5.81. The van der Waals surface area contributed by atoms with Crippen molar-refractivity contribution in [2.24, 2.45) is 11.8 Å². The van der Waals surface area contributed by atoms with E-state index in [2.05, 4.69) is 19.3 Å². The van der Waals surface area contributed by atoms with E-state index in [0.29, 0.717) is 11.6 Å². The molecule has 0 spiro atoms. The topological polar surface area (TPSA) is 47.3 Å². The van der Waals surface area contributed by atoms with Crippen LogP contribution in [0.5, 0.6) is 5.75 Å². The normalized spacial score (nSPS) is 12.7. The number of nitrogens with one attached hydrogen (secondary N) is 1. The quantitative estimate of drug-likeness (QED) is 0.562. The summed E-state index contributed by atoms with van der Waals surface area (Å²) >= 11 is 5.81. The van der Waals surface area contributed by atoms with Crippen molar-refractivity contribution in [1.29, 1.82) is 0 Å². The van der Waals surface area contributed by atoms with Gasteiger partial charge in [0.2, 0.25) is 0 Å². The molecule has 1 aromatic carbocycles. The van der Waals surface area contributed by atoms with Gasteiger partial charge in [0.1, 0.15) is 12.4 Å². The van der Waals surface area contributed by atoms with Gasteiger partial charge in [0, 0.05) is 5.02 Å². The van der Waals surface area contributed by atoms with Gasteiger partial charge in [-0.3, -0.25) is 11.3 Å². The average Bonchev–Trinajstić information content (AvgIpc) is 2.35. The average molecular weight is 271 g/mol. The van der Waals surface area contributed by atoms with Gasteiger partial charge in [0.15, 0.2) is 0 Å². The minimum absolute atomic E-state index is 0.194. The van der Waals surface area contributed by atoms with Gasteiger partial charge < -0.3 is 4.74 Å². The monoisotopic (exact) mass is 270 g/mol. The molecule has 0 aliphatic rings. The van der Waals surface area contributed by atoms with Crippen LogP contribution in [0.3, 0.4) is 0 Å². The lowest BCUT2D eigenvalue weighted by atomic mass is 10.0. The lowest BCUT2D eigenvalue weighted by molar-refractivity contribution is 0.253. The van der Waals surface area contributed by atoms with Crippen molar-refractivity contribution in [3.8, 4) is 5.75 Å². The summed E-state index contributed by atoms with van der Waals surface area (Å²) < 4.78 is 5.67. The van der Waals surface area contributed by atoms with Crippen LogP contribution in [0.15, 0.2) is 24.3 Å². The Balaban J connectivity index is 2.28. The molecule has 3 nitrogen and oxygen atoms in total.